The van der Waals surface area contributed by atoms with Crippen LogP contribution < -0.4 is 5.32 Å². The molecule has 1 unspecified atom stereocenters. The number of nitrogens with one attached hydrogen (secondary N) is 1. The zero-order valence-electron chi connectivity index (χ0n) is 13.4. The maximum atomic E-state index is 4.61. The molecule has 112 valence electrons. The molecule has 1 saturated carbocycles. The van der Waals surface area contributed by atoms with Crippen molar-refractivity contribution in [2.24, 2.45) is 5.41 Å². The average Bonchev–Trinajstić information content (AvgIpc) is 2.48. The van der Waals surface area contributed by atoms with Crippen molar-refractivity contribution in [2.45, 2.75) is 52.0 Å². The van der Waals surface area contributed by atoms with Gasteiger partial charge in [-0.1, -0.05) is 38.3 Å². The van der Waals surface area contributed by atoms with Crippen LogP contribution in [-0.4, -0.2) is 12.0 Å². The monoisotopic (exact) mass is 282 g/mol. The first-order valence-corrected chi connectivity index (χ1v) is 8.17. The molecule has 0 amide bonds. The lowest BCUT2D eigenvalue weighted by Crippen LogP contribution is -2.36. The molecule has 0 radical (unpaired) electrons. The van der Waals surface area contributed by atoms with Crippen LogP contribution >= 0.6 is 0 Å². The summed E-state index contributed by atoms with van der Waals surface area (Å²) in [6.45, 7) is 4.50. The van der Waals surface area contributed by atoms with Gasteiger partial charge in [-0.2, -0.15) is 0 Å². The second-order valence-electron chi connectivity index (χ2n) is 6.84. The Morgan fingerprint density at radius 2 is 1.86 bits per heavy atom. The summed E-state index contributed by atoms with van der Waals surface area (Å²) in [7, 11) is 2.10. The van der Waals surface area contributed by atoms with E-state index in [4.69, 9.17) is 0 Å². The molecule has 21 heavy (non-hydrogen) atoms. The summed E-state index contributed by atoms with van der Waals surface area (Å²) in [6.07, 6.45) is 6.77. The number of pyridine rings is 1. The fourth-order valence-electron chi connectivity index (χ4n) is 3.99. The molecule has 0 aliphatic heterocycles. The van der Waals surface area contributed by atoms with Crippen LogP contribution in [0.3, 0.4) is 0 Å². The highest BCUT2D eigenvalue weighted by Gasteiger charge is 2.35. The van der Waals surface area contributed by atoms with Gasteiger partial charge in [0.2, 0.25) is 0 Å². The first-order valence-electron chi connectivity index (χ1n) is 8.17. The molecule has 2 heteroatoms. The van der Waals surface area contributed by atoms with E-state index in [9.17, 15) is 0 Å². The van der Waals surface area contributed by atoms with Crippen LogP contribution in [0.1, 0.15) is 56.3 Å². The summed E-state index contributed by atoms with van der Waals surface area (Å²) in [5, 5.41) is 4.83. The Kier molecular flexibility index (Phi) is 3.99. The lowest BCUT2D eigenvalue weighted by molar-refractivity contribution is 0.150. The number of aryl methyl sites for hydroxylation is 1. The van der Waals surface area contributed by atoms with Crippen molar-refractivity contribution in [3.05, 3.63) is 41.6 Å². The van der Waals surface area contributed by atoms with Crippen molar-refractivity contribution in [1.82, 2.24) is 10.3 Å². The molecule has 1 aliphatic rings. The van der Waals surface area contributed by atoms with Crippen molar-refractivity contribution in [3.63, 3.8) is 0 Å². The molecular weight excluding hydrogens is 256 g/mol. The third-order valence-corrected chi connectivity index (χ3v) is 5.17. The van der Waals surface area contributed by atoms with Crippen LogP contribution in [0.15, 0.2) is 30.3 Å². The van der Waals surface area contributed by atoms with Gasteiger partial charge in [-0.15, -0.1) is 0 Å². The fourth-order valence-corrected chi connectivity index (χ4v) is 3.99. The van der Waals surface area contributed by atoms with Gasteiger partial charge in [0, 0.05) is 17.1 Å². The second kappa shape index (κ2) is 5.76. The molecule has 1 N–H and O–H groups in total. The predicted molar refractivity (Wildman–Crippen MR) is 89.5 cm³/mol. The molecular formula is C19H26N2. The van der Waals surface area contributed by atoms with Crippen LogP contribution in [0, 0.1) is 12.3 Å². The Balaban J connectivity index is 1.98. The van der Waals surface area contributed by atoms with E-state index in [1.807, 2.05) is 6.92 Å². The van der Waals surface area contributed by atoms with Gasteiger partial charge in [-0.3, -0.25) is 4.98 Å². The summed E-state index contributed by atoms with van der Waals surface area (Å²) < 4.78 is 0. The van der Waals surface area contributed by atoms with Gasteiger partial charge in [0.05, 0.1) is 5.52 Å². The summed E-state index contributed by atoms with van der Waals surface area (Å²) in [5.41, 5.74) is 3.96. The Morgan fingerprint density at radius 3 is 2.57 bits per heavy atom. The Bertz CT molecular complexity index is 626. The number of aromatic nitrogens is 1. The first kappa shape index (κ1) is 14.5. The SMILES string of the molecule is CNC(c1ccc2nc(C)ccc2c1)C1(C)CCCCC1. The highest BCUT2D eigenvalue weighted by Crippen LogP contribution is 2.45. The van der Waals surface area contributed by atoms with Crippen molar-refractivity contribution in [1.29, 1.82) is 0 Å². The van der Waals surface area contributed by atoms with Gasteiger partial charge in [0.15, 0.2) is 0 Å². The number of benzene rings is 1. The van der Waals surface area contributed by atoms with Gasteiger partial charge >= 0.3 is 0 Å². The zero-order chi connectivity index (χ0) is 14.9. The molecule has 1 aromatic heterocycles. The number of nitrogens with zero attached hydrogens (tertiary/aromatic N) is 1. The standard InChI is InChI=1S/C19H26N2/c1-14-7-8-15-13-16(9-10-17(15)21-14)18(20-3)19(2)11-5-4-6-12-19/h7-10,13,18,20H,4-6,11-12H2,1-3H3. The van der Waals surface area contributed by atoms with E-state index >= 15 is 0 Å². The fraction of sp³-hybridized carbons (Fsp3) is 0.526. The van der Waals surface area contributed by atoms with E-state index in [-0.39, 0.29) is 0 Å². The van der Waals surface area contributed by atoms with Crippen LogP contribution in [0.25, 0.3) is 10.9 Å². The minimum absolute atomic E-state index is 0.374. The Hall–Kier alpha value is -1.41. The summed E-state index contributed by atoms with van der Waals surface area (Å²) >= 11 is 0. The minimum Gasteiger partial charge on any atom is -0.313 e. The van der Waals surface area contributed by atoms with Crippen LogP contribution in [0.2, 0.25) is 0 Å². The van der Waals surface area contributed by atoms with E-state index in [0.717, 1.165) is 11.2 Å². The largest absolute Gasteiger partial charge is 0.313 e. The molecule has 1 aromatic carbocycles. The van der Waals surface area contributed by atoms with Gasteiger partial charge in [-0.25, -0.2) is 0 Å². The summed E-state index contributed by atoms with van der Waals surface area (Å²) in [4.78, 5) is 4.61. The lowest BCUT2D eigenvalue weighted by Gasteiger charge is -2.41. The molecule has 1 fully saturated rings. The van der Waals surface area contributed by atoms with E-state index in [0.29, 0.717) is 11.5 Å². The molecule has 1 aliphatic carbocycles. The number of hydrogen-bond donors (Lipinski definition) is 1. The van der Waals surface area contributed by atoms with Crippen LogP contribution in [0.4, 0.5) is 0 Å². The molecule has 1 atom stereocenters. The number of fused-ring (bicyclic) bond motifs is 1. The topological polar surface area (TPSA) is 24.9 Å². The molecule has 0 bridgehead atoms. The number of hydrogen-bond acceptors (Lipinski definition) is 2. The van der Waals surface area contributed by atoms with E-state index < -0.39 is 0 Å². The van der Waals surface area contributed by atoms with E-state index in [1.165, 1.54) is 43.1 Å². The van der Waals surface area contributed by atoms with Gasteiger partial charge in [0.1, 0.15) is 0 Å². The molecule has 2 aromatic rings. The highest BCUT2D eigenvalue weighted by molar-refractivity contribution is 5.79. The Morgan fingerprint density at radius 1 is 1.10 bits per heavy atom. The molecule has 0 saturated heterocycles. The predicted octanol–water partition coefficient (Wildman–Crippen LogP) is 4.77. The van der Waals surface area contributed by atoms with Crippen molar-refractivity contribution < 1.29 is 0 Å². The second-order valence-corrected chi connectivity index (χ2v) is 6.84. The minimum atomic E-state index is 0.374. The first-order chi connectivity index (χ1) is 10.1. The van der Waals surface area contributed by atoms with E-state index in [1.54, 1.807) is 0 Å². The van der Waals surface area contributed by atoms with Crippen LogP contribution in [0.5, 0.6) is 0 Å². The molecule has 0 spiro atoms. The highest BCUT2D eigenvalue weighted by atomic mass is 14.9. The van der Waals surface area contributed by atoms with Gasteiger partial charge in [-0.05, 0) is 56.0 Å². The van der Waals surface area contributed by atoms with Crippen LogP contribution in [-0.2, 0) is 0 Å². The third kappa shape index (κ3) is 2.82. The van der Waals surface area contributed by atoms with Gasteiger partial charge in [0.25, 0.3) is 0 Å². The zero-order valence-corrected chi connectivity index (χ0v) is 13.4. The maximum absolute atomic E-state index is 4.61. The average molecular weight is 282 g/mol. The Labute approximate surface area is 128 Å². The molecule has 2 nitrogen and oxygen atoms in total. The van der Waals surface area contributed by atoms with Crippen molar-refractivity contribution in [3.8, 4) is 0 Å². The number of rotatable bonds is 3. The maximum Gasteiger partial charge on any atom is 0.0705 e. The van der Waals surface area contributed by atoms with E-state index in [2.05, 4.69) is 54.6 Å². The molecule has 1 heterocycles. The quantitative estimate of drug-likeness (QED) is 0.876. The molecule has 3 rings (SSSR count). The van der Waals surface area contributed by atoms with Crippen molar-refractivity contribution >= 4 is 10.9 Å². The lowest BCUT2D eigenvalue weighted by atomic mass is 9.68. The third-order valence-electron chi connectivity index (χ3n) is 5.17. The smallest absolute Gasteiger partial charge is 0.0705 e. The summed E-state index contributed by atoms with van der Waals surface area (Å²) in [5.74, 6) is 0. The summed E-state index contributed by atoms with van der Waals surface area (Å²) in [6, 6.07) is 11.5. The van der Waals surface area contributed by atoms with Gasteiger partial charge < -0.3 is 5.32 Å². The van der Waals surface area contributed by atoms with Crippen molar-refractivity contribution in [2.75, 3.05) is 7.05 Å². The normalized spacial score (nSPS) is 19.6.